The van der Waals surface area contributed by atoms with Crippen LogP contribution in [0.2, 0.25) is 0 Å². The first-order valence-electron chi connectivity index (χ1n) is 9.84. The fourth-order valence-corrected chi connectivity index (χ4v) is 4.97. The van der Waals surface area contributed by atoms with Crippen molar-refractivity contribution in [2.45, 2.75) is 31.7 Å². The molecule has 158 valence electrons. The maximum atomic E-state index is 12.4. The second-order valence-corrected chi connectivity index (χ2v) is 9.04. The van der Waals surface area contributed by atoms with Crippen molar-refractivity contribution in [1.29, 1.82) is 0 Å². The van der Waals surface area contributed by atoms with Gasteiger partial charge in [0.2, 0.25) is 5.91 Å². The molecule has 0 bridgehead atoms. The van der Waals surface area contributed by atoms with E-state index in [0.29, 0.717) is 10.9 Å². The number of aromatic nitrogens is 4. The quantitative estimate of drug-likeness (QED) is 0.362. The first-order valence-corrected chi connectivity index (χ1v) is 11.7. The Kier molecular flexibility index (Phi) is 6.20. The summed E-state index contributed by atoms with van der Waals surface area (Å²) in [6, 6.07) is 16.0. The zero-order valence-corrected chi connectivity index (χ0v) is 19.5. The van der Waals surface area contributed by atoms with Crippen LogP contribution in [0.15, 0.2) is 59.1 Å². The first-order chi connectivity index (χ1) is 14.9. The van der Waals surface area contributed by atoms with Crippen molar-refractivity contribution < 1.29 is 4.79 Å². The Morgan fingerprint density at radius 3 is 2.58 bits per heavy atom. The smallest absolute Gasteiger partial charge is 0.230 e. The van der Waals surface area contributed by atoms with Crippen LogP contribution in [0.4, 0.5) is 10.8 Å². The molecule has 0 saturated carbocycles. The van der Waals surface area contributed by atoms with E-state index in [0.717, 1.165) is 33.5 Å². The van der Waals surface area contributed by atoms with E-state index in [-0.39, 0.29) is 5.91 Å². The highest BCUT2D eigenvalue weighted by atomic mass is 32.2. The van der Waals surface area contributed by atoms with Gasteiger partial charge < -0.3 is 4.57 Å². The number of thioether (sulfide) groups is 1. The highest BCUT2D eigenvalue weighted by Crippen LogP contribution is 2.32. The fourth-order valence-electron chi connectivity index (χ4n) is 3.17. The molecule has 2 aromatic carbocycles. The van der Waals surface area contributed by atoms with Crippen LogP contribution in [-0.4, -0.2) is 25.7 Å². The Morgan fingerprint density at radius 2 is 1.87 bits per heavy atom. The Labute approximate surface area is 190 Å². The van der Waals surface area contributed by atoms with Crippen molar-refractivity contribution in [3.8, 4) is 11.4 Å². The SMILES string of the molecule is CC(=O)N(c1ccc(C)c(C)c1)c1nc(CSc2nnc(-c3ccccc3)n2C)cs1. The van der Waals surface area contributed by atoms with Crippen molar-refractivity contribution in [2.24, 2.45) is 7.05 Å². The Morgan fingerprint density at radius 1 is 1.10 bits per heavy atom. The van der Waals surface area contributed by atoms with Gasteiger partial charge in [-0.3, -0.25) is 9.69 Å². The zero-order valence-electron chi connectivity index (χ0n) is 17.9. The Hall–Kier alpha value is -2.97. The summed E-state index contributed by atoms with van der Waals surface area (Å²) in [6.07, 6.45) is 0. The van der Waals surface area contributed by atoms with Crippen LogP contribution in [-0.2, 0) is 17.6 Å². The molecule has 0 aliphatic carbocycles. The molecule has 0 N–H and O–H groups in total. The van der Waals surface area contributed by atoms with Gasteiger partial charge in [0.05, 0.1) is 11.4 Å². The standard InChI is InChI=1S/C23H23N5OS2/c1-15-10-11-20(12-16(15)2)28(17(3)29)22-24-19(13-30-22)14-31-23-26-25-21(27(23)4)18-8-6-5-7-9-18/h5-13H,14H2,1-4H3. The van der Waals surface area contributed by atoms with Gasteiger partial charge in [-0.15, -0.1) is 21.5 Å². The number of aryl methyl sites for hydroxylation is 2. The third kappa shape index (κ3) is 4.55. The lowest BCUT2D eigenvalue weighted by atomic mass is 10.1. The van der Waals surface area contributed by atoms with E-state index in [4.69, 9.17) is 4.98 Å². The fraction of sp³-hybridized carbons (Fsp3) is 0.217. The molecule has 4 rings (SSSR count). The minimum Gasteiger partial charge on any atom is -0.305 e. The van der Waals surface area contributed by atoms with Crippen LogP contribution in [0, 0.1) is 13.8 Å². The van der Waals surface area contributed by atoms with Crippen LogP contribution >= 0.6 is 23.1 Å². The van der Waals surface area contributed by atoms with Gasteiger partial charge >= 0.3 is 0 Å². The molecular formula is C23H23N5OS2. The summed E-state index contributed by atoms with van der Waals surface area (Å²) in [4.78, 5) is 18.8. The molecule has 1 amide bonds. The average molecular weight is 450 g/mol. The Bertz CT molecular complexity index is 1220. The largest absolute Gasteiger partial charge is 0.305 e. The molecule has 8 heteroatoms. The molecule has 0 fully saturated rings. The number of anilines is 2. The molecule has 0 spiro atoms. The predicted octanol–water partition coefficient (Wildman–Crippen LogP) is 5.53. The number of nitrogens with zero attached hydrogens (tertiary/aromatic N) is 5. The van der Waals surface area contributed by atoms with E-state index in [1.54, 1.807) is 23.6 Å². The van der Waals surface area contributed by atoms with Crippen LogP contribution in [0.5, 0.6) is 0 Å². The highest BCUT2D eigenvalue weighted by molar-refractivity contribution is 7.98. The second-order valence-electron chi connectivity index (χ2n) is 7.26. The first kappa shape index (κ1) is 21.3. The lowest BCUT2D eigenvalue weighted by molar-refractivity contribution is -0.115. The predicted molar refractivity (Wildman–Crippen MR) is 127 cm³/mol. The van der Waals surface area contributed by atoms with Crippen molar-refractivity contribution in [2.75, 3.05) is 4.90 Å². The summed E-state index contributed by atoms with van der Waals surface area (Å²) in [7, 11) is 1.97. The molecule has 0 unspecified atom stereocenters. The minimum absolute atomic E-state index is 0.0578. The molecule has 2 heterocycles. The van der Waals surface area contributed by atoms with Gasteiger partial charge in [-0.05, 0) is 37.1 Å². The van der Waals surface area contributed by atoms with Gasteiger partial charge in [0.1, 0.15) is 0 Å². The summed E-state index contributed by atoms with van der Waals surface area (Å²) in [5.74, 6) is 1.42. The van der Waals surface area contributed by atoms with E-state index in [1.807, 2.05) is 72.4 Å². The third-order valence-electron chi connectivity index (χ3n) is 5.01. The lowest BCUT2D eigenvalue weighted by Gasteiger charge is -2.19. The molecule has 2 aromatic heterocycles. The van der Waals surface area contributed by atoms with Gasteiger partial charge in [0, 0.05) is 30.7 Å². The Balaban J connectivity index is 1.51. The maximum Gasteiger partial charge on any atom is 0.230 e. The summed E-state index contributed by atoms with van der Waals surface area (Å²) in [6.45, 7) is 5.67. The molecule has 6 nitrogen and oxygen atoms in total. The van der Waals surface area contributed by atoms with Gasteiger partial charge in [0.15, 0.2) is 16.1 Å². The van der Waals surface area contributed by atoms with E-state index in [2.05, 4.69) is 17.1 Å². The van der Waals surface area contributed by atoms with E-state index in [1.165, 1.54) is 16.9 Å². The van der Waals surface area contributed by atoms with Gasteiger partial charge in [-0.25, -0.2) is 4.98 Å². The number of benzene rings is 2. The molecule has 0 aliphatic heterocycles. The summed E-state index contributed by atoms with van der Waals surface area (Å²) in [5, 5.41) is 12.2. The lowest BCUT2D eigenvalue weighted by Crippen LogP contribution is -2.22. The molecule has 0 radical (unpaired) electrons. The monoisotopic (exact) mass is 449 g/mol. The van der Waals surface area contributed by atoms with Crippen LogP contribution in [0.3, 0.4) is 0 Å². The van der Waals surface area contributed by atoms with E-state index < -0.39 is 0 Å². The average Bonchev–Trinajstić information content (AvgIpc) is 3.36. The highest BCUT2D eigenvalue weighted by Gasteiger charge is 2.19. The van der Waals surface area contributed by atoms with E-state index >= 15 is 0 Å². The van der Waals surface area contributed by atoms with Crippen LogP contribution in [0.25, 0.3) is 11.4 Å². The summed E-state index contributed by atoms with van der Waals surface area (Å²) >= 11 is 3.05. The molecule has 0 atom stereocenters. The topological polar surface area (TPSA) is 63.9 Å². The van der Waals surface area contributed by atoms with Crippen LogP contribution < -0.4 is 4.90 Å². The number of thiazole rings is 1. The number of hydrogen-bond acceptors (Lipinski definition) is 6. The molecular weight excluding hydrogens is 426 g/mol. The second kappa shape index (κ2) is 9.03. The minimum atomic E-state index is -0.0578. The number of amides is 1. The maximum absolute atomic E-state index is 12.4. The number of carbonyl (C=O) groups excluding carboxylic acids is 1. The van der Waals surface area contributed by atoms with Crippen molar-refractivity contribution >= 4 is 39.8 Å². The summed E-state index contributed by atoms with van der Waals surface area (Å²) in [5.41, 5.74) is 5.12. The normalized spacial score (nSPS) is 11.0. The molecule has 0 aliphatic rings. The zero-order chi connectivity index (χ0) is 22.0. The number of carbonyl (C=O) groups is 1. The van der Waals surface area contributed by atoms with Gasteiger partial charge in [-0.1, -0.05) is 48.2 Å². The van der Waals surface area contributed by atoms with Crippen molar-refractivity contribution in [1.82, 2.24) is 19.7 Å². The van der Waals surface area contributed by atoms with E-state index in [9.17, 15) is 4.79 Å². The van der Waals surface area contributed by atoms with Crippen LogP contribution in [0.1, 0.15) is 23.7 Å². The number of rotatable bonds is 6. The number of hydrogen-bond donors (Lipinski definition) is 0. The van der Waals surface area contributed by atoms with Crippen molar-refractivity contribution in [3.63, 3.8) is 0 Å². The van der Waals surface area contributed by atoms with Crippen molar-refractivity contribution in [3.05, 3.63) is 70.7 Å². The summed E-state index contributed by atoms with van der Waals surface area (Å²) < 4.78 is 1.99. The van der Waals surface area contributed by atoms with Gasteiger partial charge in [0.25, 0.3) is 0 Å². The van der Waals surface area contributed by atoms with Gasteiger partial charge in [-0.2, -0.15) is 0 Å². The molecule has 4 aromatic rings. The third-order valence-corrected chi connectivity index (χ3v) is 6.94. The molecule has 31 heavy (non-hydrogen) atoms. The molecule has 0 saturated heterocycles.